The first-order valence-electron chi connectivity index (χ1n) is 4.25. The first-order chi connectivity index (χ1) is 5.60. The van der Waals surface area contributed by atoms with E-state index in [9.17, 15) is 0 Å². The molecule has 3 heteroatoms. The maximum absolute atomic E-state index is 5.14. The van der Waals surface area contributed by atoms with E-state index < -0.39 is 5.97 Å². The van der Waals surface area contributed by atoms with Crippen molar-refractivity contribution in [2.75, 3.05) is 21.3 Å². The van der Waals surface area contributed by atoms with E-state index in [0.717, 1.165) is 12.8 Å². The molecule has 0 aromatic rings. The molecule has 0 bridgehead atoms. The van der Waals surface area contributed by atoms with Crippen LogP contribution in [0.5, 0.6) is 0 Å². The van der Waals surface area contributed by atoms with Gasteiger partial charge in [0.05, 0.1) is 0 Å². The second kappa shape index (κ2) is 5.51. The van der Waals surface area contributed by atoms with Gasteiger partial charge in [-0.3, -0.25) is 0 Å². The van der Waals surface area contributed by atoms with Gasteiger partial charge in [0.25, 0.3) is 5.97 Å². The Bertz CT molecular complexity index is 100. The van der Waals surface area contributed by atoms with Crippen LogP contribution < -0.4 is 0 Å². The Balaban J connectivity index is 3.93. The molecule has 0 N–H and O–H groups in total. The molecule has 0 fully saturated rings. The molecule has 0 heterocycles. The van der Waals surface area contributed by atoms with Crippen LogP contribution in [0.25, 0.3) is 0 Å². The zero-order valence-electron chi connectivity index (χ0n) is 8.72. The predicted molar refractivity (Wildman–Crippen MR) is 47.8 cm³/mol. The third-order valence-electron chi connectivity index (χ3n) is 1.96. The Morgan fingerprint density at radius 3 is 1.67 bits per heavy atom. The molecule has 0 aliphatic carbocycles. The van der Waals surface area contributed by atoms with E-state index in [-0.39, 0.29) is 0 Å². The summed E-state index contributed by atoms with van der Waals surface area (Å²) in [4.78, 5) is 0. The SMILES string of the molecule is COC(CCC(C)C)(OC)OC. The van der Waals surface area contributed by atoms with Crippen molar-refractivity contribution in [3.05, 3.63) is 0 Å². The van der Waals surface area contributed by atoms with Gasteiger partial charge in [-0.25, -0.2) is 0 Å². The van der Waals surface area contributed by atoms with Gasteiger partial charge in [-0.2, -0.15) is 0 Å². The average Bonchev–Trinajstić information content (AvgIpc) is 2.08. The van der Waals surface area contributed by atoms with Gasteiger partial charge in [0.15, 0.2) is 0 Å². The van der Waals surface area contributed by atoms with Crippen molar-refractivity contribution >= 4 is 0 Å². The quantitative estimate of drug-likeness (QED) is 0.579. The molecular weight excluding hydrogens is 156 g/mol. The number of ether oxygens (including phenoxy) is 3. The van der Waals surface area contributed by atoms with E-state index in [1.54, 1.807) is 21.3 Å². The third kappa shape index (κ3) is 3.52. The molecule has 0 saturated carbocycles. The van der Waals surface area contributed by atoms with Crippen LogP contribution in [0.1, 0.15) is 26.7 Å². The molecule has 0 aromatic heterocycles. The second-order valence-corrected chi connectivity index (χ2v) is 3.23. The van der Waals surface area contributed by atoms with E-state index in [2.05, 4.69) is 13.8 Å². The lowest BCUT2D eigenvalue weighted by atomic mass is 10.1. The van der Waals surface area contributed by atoms with Crippen molar-refractivity contribution in [2.24, 2.45) is 5.92 Å². The lowest BCUT2D eigenvalue weighted by Gasteiger charge is -2.29. The van der Waals surface area contributed by atoms with Crippen LogP contribution >= 0.6 is 0 Å². The molecule has 0 amide bonds. The standard InChI is InChI=1S/C9H20O3/c1-8(2)6-7-9(10-3,11-4)12-5/h8H,6-7H2,1-5H3. The van der Waals surface area contributed by atoms with Crippen molar-refractivity contribution in [1.29, 1.82) is 0 Å². The number of rotatable bonds is 6. The Hall–Kier alpha value is -0.120. The summed E-state index contributed by atoms with van der Waals surface area (Å²) in [6, 6.07) is 0. The lowest BCUT2D eigenvalue weighted by Crippen LogP contribution is -2.36. The van der Waals surface area contributed by atoms with Crippen LogP contribution in [-0.2, 0) is 14.2 Å². The van der Waals surface area contributed by atoms with Gasteiger partial charge in [-0.1, -0.05) is 13.8 Å². The van der Waals surface area contributed by atoms with Crippen molar-refractivity contribution in [3.63, 3.8) is 0 Å². The highest BCUT2D eigenvalue weighted by Gasteiger charge is 2.28. The largest absolute Gasteiger partial charge is 0.331 e. The summed E-state index contributed by atoms with van der Waals surface area (Å²) >= 11 is 0. The van der Waals surface area contributed by atoms with Gasteiger partial charge in [-0.15, -0.1) is 0 Å². The molecule has 0 spiro atoms. The summed E-state index contributed by atoms with van der Waals surface area (Å²) in [6.07, 6.45) is 1.78. The summed E-state index contributed by atoms with van der Waals surface area (Å²) in [5.74, 6) is -0.214. The molecule has 0 aromatic carbocycles. The molecule has 3 nitrogen and oxygen atoms in total. The van der Waals surface area contributed by atoms with Crippen LogP contribution in [0.15, 0.2) is 0 Å². The molecule has 0 radical (unpaired) electrons. The first-order valence-corrected chi connectivity index (χ1v) is 4.25. The molecule has 0 aliphatic heterocycles. The summed E-state index contributed by atoms with van der Waals surface area (Å²) in [6.45, 7) is 4.32. The summed E-state index contributed by atoms with van der Waals surface area (Å²) in [5.41, 5.74) is 0. The summed E-state index contributed by atoms with van der Waals surface area (Å²) in [5, 5.41) is 0. The van der Waals surface area contributed by atoms with Gasteiger partial charge in [0.2, 0.25) is 0 Å². The van der Waals surface area contributed by atoms with E-state index >= 15 is 0 Å². The topological polar surface area (TPSA) is 27.7 Å². The normalized spacial score (nSPS) is 12.5. The number of hydrogen-bond acceptors (Lipinski definition) is 3. The predicted octanol–water partition coefficient (Wildman–Crippen LogP) is 2.02. The smallest absolute Gasteiger partial charge is 0.282 e. The van der Waals surface area contributed by atoms with Gasteiger partial charge >= 0.3 is 0 Å². The van der Waals surface area contributed by atoms with Gasteiger partial charge < -0.3 is 14.2 Å². The van der Waals surface area contributed by atoms with Crippen LogP contribution in [0.4, 0.5) is 0 Å². The molecule has 74 valence electrons. The van der Waals surface area contributed by atoms with Crippen LogP contribution in [0.3, 0.4) is 0 Å². The lowest BCUT2D eigenvalue weighted by molar-refractivity contribution is -0.355. The van der Waals surface area contributed by atoms with Crippen molar-refractivity contribution < 1.29 is 14.2 Å². The number of hydrogen-bond donors (Lipinski definition) is 0. The van der Waals surface area contributed by atoms with Crippen molar-refractivity contribution in [3.8, 4) is 0 Å². The highest BCUT2D eigenvalue weighted by molar-refractivity contribution is 4.57. The molecule has 0 saturated heterocycles. The summed E-state index contributed by atoms with van der Waals surface area (Å²) in [7, 11) is 4.77. The third-order valence-corrected chi connectivity index (χ3v) is 1.96. The Morgan fingerprint density at radius 2 is 1.42 bits per heavy atom. The van der Waals surface area contributed by atoms with Gasteiger partial charge in [0.1, 0.15) is 0 Å². The van der Waals surface area contributed by atoms with E-state index in [4.69, 9.17) is 14.2 Å². The Kier molecular flexibility index (Phi) is 5.46. The minimum absolute atomic E-state index is 0.629. The minimum atomic E-state index is -0.843. The van der Waals surface area contributed by atoms with Gasteiger partial charge in [-0.05, 0) is 12.3 Å². The molecule has 0 atom stereocenters. The molecule has 0 unspecified atom stereocenters. The van der Waals surface area contributed by atoms with Crippen molar-refractivity contribution in [1.82, 2.24) is 0 Å². The van der Waals surface area contributed by atoms with Gasteiger partial charge in [0, 0.05) is 27.8 Å². The average molecular weight is 176 g/mol. The second-order valence-electron chi connectivity index (χ2n) is 3.23. The van der Waals surface area contributed by atoms with Crippen LogP contribution in [0, 0.1) is 5.92 Å². The highest BCUT2D eigenvalue weighted by Crippen LogP contribution is 2.21. The fraction of sp³-hybridized carbons (Fsp3) is 1.00. The fourth-order valence-corrected chi connectivity index (χ4v) is 1.02. The summed E-state index contributed by atoms with van der Waals surface area (Å²) < 4.78 is 15.4. The molecule has 0 aliphatic rings. The molecular formula is C9H20O3. The van der Waals surface area contributed by atoms with E-state index in [1.807, 2.05) is 0 Å². The highest BCUT2D eigenvalue weighted by atomic mass is 16.9. The Morgan fingerprint density at radius 1 is 1.00 bits per heavy atom. The molecule has 12 heavy (non-hydrogen) atoms. The maximum Gasteiger partial charge on any atom is 0.282 e. The zero-order chi connectivity index (χ0) is 9.61. The van der Waals surface area contributed by atoms with Crippen LogP contribution in [0.2, 0.25) is 0 Å². The van der Waals surface area contributed by atoms with E-state index in [1.165, 1.54) is 0 Å². The van der Waals surface area contributed by atoms with Crippen LogP contribution in [-0.4, -0.2) is 27.3 Å². The first kappa shape index (κ1) is 11.9. The minimum Gasteiger partial charge on any atom is -0.331 e. The molecule has 0 rings (SSSR count). The Labute approximate surface area is 75.0 Å². The zero-order valence-corrected chi connectivity index (χ0v) is 8.72. The monoisotopic (exact) mass is 176 g/mol. The maximum atomic E-state index is 5.14. The van der Waals surface area contributed by atoms with Crippen molar-refractivity contribution in [2.45, 2.75) is 32.7 Å². The fourth-order valence-electron chi connectivity index (χ4n) is 1.02. The van der Waals surface area contributed by atoms with E-state index in [0.29, 0.717) is 5.92 Å². The number of methoxy groups -OCH3 is 3.